The molecule has 3 aromatic carbocycles. The van der Waals surface area contributed by atoms with E-state index >= 15 is 0 Å². The van der Waals surface area contributed by atoms with Crippen LogP contribution < -0.4 is 52.8 Å². The third-order valence-corrected chi connectivity index (χ3v) is 18.8. The molecular weight excluding hydrogens is 915 g/mol. The summed E-state index contributed by atoms with van der Waals surface area (Å²) >= 11 is 0. The van der Waals surface area contributed by atoms with Gasteiger partial charge in [-0.2, -0.15) is 5.20 Å². The van der Waals surface area contributed by atoms with E-state index < -0.39 is 8.07 Å². The number of unbranched alkanes of at least 4 members (excludes halogenated alkanes) is 18. The first-order chi connectivity index (χ1) is 30.4. The van der Waals surface area contributed by atoms with Gasteiger partial charge < -0.3 is 37.2 Å². The number of rotatable bonds is 35. The Morgan fingerprint density at radius 2 is 0.591 bits per heavy atom. The van der Waals surface area contributed by atoms with Crippen LogP contribution in [-0.4, -0.2) is 8.07 Å². The average molecular weight is 1010 g/mol. The van der Waals surface area contributed by atoms with Crippen LogP contribution in [0.4, 0.5) is 0 Å². The van der Waals surface area contributed by atoms with Crippen LogP contribution in [0.15, 0.2) is 71.4 Å². The molecule has 0 fully saturated rings. The van der Waals surface area contributed by atoms with E-state index in [1.54, 1.807) is 54.1 Å². The van der Waals surface area contributed by atoms with Crippen LogP contribution >= 0.6 is 0 Å². The van der Waals surface area contributed by atoms with Gasteiger partial charge in [-0.1, -0.05) is 231 Å². The smallest absolute Gasteiger partial charge is 1.00 e. The van der Waals surface area contributed by atoms with Gasteiger partial charge in [0, 0.05) is 0 Å². The van der Waals surface area contributed by atoms with Crippen LogP contribution in [0.5, 0.6) is 0 Å². The minimum Gasteiger partial charge on any atom is -1.00 e. The summed E-state index contributed by atoms with van der Waals surface area (Å²) in [5, 5.41) is 6.59. The summed E-state index contributed by atoms with van der Waals surface area (Å²) in [4.78, 5) is 0. The third-order valence-electron chi connectivity index (χ3n) is 14.1. The van der Waals surface area contributed by atoms with Crippen molar-refractivity contribution in [2.45, 2.75) is 254 Å². The molecule has 0 spiro atoms. The molecular formula is C61H95Cl3SiTi. The second-order valence-electron chi connectivity index (χ2n) is 19.6. The summed E-state index contributed by atoms with van der Waals surface area (Å²) in [5.41, 5.74) is 11.0. The SMILES string of the molecule is CCCCCCc1cc(CCCCCC)cc([Si](C2=[C-]C(CC)=CC2)(c2cc(CCCCCC)cc(CCCCCC)c2)c2cc(CCCCCC)cc(CCCCCC)c2)c1.[Cl-].[Cl-].[Cl-].[Ti+4]. The second-order valence-corrected chi connectivity index (χ2v) is 23.5. The molecule has 5 heteroatoms. The van der Waals surface area contributed by atoms with Gasteiger partial charge in [0.1, 0.15) is 0 Å². The maximum atomic E-state index is 4.29. The van der Waals surface area contributed by atoms with Crippen molar-refractivity contribution in [3.63, 3.8) is 0 Å². The maximum Gasteiger partial charge on any atom is 4.00 e. The number of halogens is 3. The molecule has 4 rings (SSSR count). The quantitative estimate of drug-likeness (QED) is 0.0244. The van der Waals surface area contributed by atoms with Crippen molar-refractivity contribution in [1.82, 2.24) is 0 Å². The Morgan fingerprint density at radius 3 is 0.788 bits per heavy atom. The molecule has 0 heterocycles. The van der Waals surface area contributed by atoms with E-state index in [0.717, 1.165) is 12.8 Å². The van der Waals surface area contributed by atoms with Gasteiger partial charge in [-0.3, -0.25) is 6.08 Å². The number of allylic oxidation sites excluding steroid dienone is 4. The van der Waals surface area contributed by atoms with Crippen molar-refractivity contribution in [1.29, 1.82) is 0 Å². The maximum absolute atomic E-state index is 4.29. The number of aryl methyl sites for hydroxylation is 6. The van der Waals surface area contributed by atoms with Gasteiger partial charge in [0.05, 0.1) is 0 Å². The molecule has 1 aliphatic rings. The van der Waals surface area contributed by atoms with Crippen LogP contribution in [0, 0.1) is 6.08 Å². The van der Waals surface area contributed by atoms with Gasteiger partial charge in [0.15, 0.2) is 8.07 Å². The first kappa shape index (κ1) is 64.9. The van der Waals surface area contributed by atoms with Crippen LogP contribution in [0.25, 0.3) is 0 Å². The standard InChI is InChI=1S/C61H95Si.3ClH.Ti/c1-8-15-21-27-33-52-41-53(34-28-22-16-9-2)46-59(45-52)62(58-40-39-51(14-7)44-58,60-47-54(35-29-23-17-10-3)42-55(48-60)36-30-24-18-11-4)61-49-56(37-31-25-19-12-5)43-57(50-61)38-32-26-20-13-6;;;;/h39,41-43,45-50H,8-38,40H2,1-7H3;3*1H;/q-1;;;;+4/p-3. The van der Waals surface area contributed by atoms with Gasteiger partial charge in [0.25, 0.3) is 0 Å². The van der Waals surface area contributed by atoms with E-state index in [0.29, 0.717) is 0 Å². The fourth-order valence-corrected chi connectivity index (χ4v) is 15.6. The van der Waals surface area contributed by atoms with E-state index in [1.165, 1.54) is 198 Å². The summed E-state index contributed by atoms with van der Waals surface area (Å²) in [6, 6.07) is 24.6. The molecule has 0 bridgehead atoms. The molecule has 1 aliphatic carbocycles. The minimum absolute atomic E-state index is 0. The van der Waals surface area contributed by atoms with E-state index in [-0.39, 0.29) is 58.9 Å². The largest absolute Gasteiger partial charge is 4.00 e. The summed E-state index contributed by atoms with van der Waals surface area (Å²) in [6.45, 7) is 16.5. The van der Waals surface area contributed by atoms with Crippen molar-refractivity contribution in [3.8, 4) is 0 Å². The van der Waals surface area contributed by atoms with Crippen molar-refractivity contribution in [2.75, 3.05) is 0 Å². The van der Waals surface area contributed by atoms with Gasteiger partial charge in [-0.25, -0.2) is 11.6 Å². The van der Waals surface area contributed by atoms with Crippen molar-refractivity contribution < 1.29 is 58.9 Å². The monoisotopic (exact) mass is 1010 g/mol. The molecule has 3 aromatic rings. The molecule has 0 nitrogen and oxygen atoms in total. The van der Waals surface area contributed by atoms with E-state index in [4.69, 9.17) is 0 Å². The fourth-order valence-electron chi connectivity index (χ4n) is 10.4. The summed E-state index contributed by atoms with van der Waals surface area (Å²) < 4.78 is 0. The second kappa shape index (κ2) is 38.7. The van der Waals surface area contributed by atoms with E-state index in [2.05, 4.69) is 115 Å². The molecule has 0 aromatic heterocycles. The molecule has 66 heavy (non-hydrogen) atoms. The Balaban J connectivity index is 0.0000106. The third kappa shape index (κ3) is 21.5. The summed E-state index contributed by atoms with van der Waals surface area (Å²) in [6.07, 6.45) is 47.7. The van der Waals surface area contributed by atoms with Crippen molar-refractivity contribution in [2.24, 2.45) is 0 Å². The molecule has 0 atom stereocenters. The Labute approximate surface area is 444 Å². The van der Waals surface area contributed by atoms with E-state index in [9.17, 15) is 0 Å². The number of hydrogen-bond acceptors (Lipinski definition) is 0. The Hall–Kier alpha value is -1.06. The van der Waals surface area contributed by atoms with Crippen molar-refractivity contribution in [3.05, 3.63) is 111 Å². The molecule has 0 saturated carbocycles. The molecule has 0 radical (unpaired) electrons. The summed E-state index contributed by atoms with van der Waals surface area (Å²) in [5.74, 6) is 0. The first-order valence-corrected chi connectivity index (χ1v) is 29.2. The molecule has 0 aliphatic heterocycles. The Bertz CT molecular complexity index is 1500. The number of hydrogen-bond donors (Lipinski definition) is 0. The molecule has 0 unspecified atom stereocenters. The van der Waals surface area contributed by atoms with E-state index in [1.807, 2.05) is 0 Å². The molecule has 368 valence electrons. The van der Waals surface area contributed by atoms with Crippen molar-refractivity contribution >= 4 is 23.6 Å². The summed E-state index contributed by atoms with van der Waals surface area (Å²) in [7, 11) is -2.81. The zero-order valence-corrected chi connectivity index (χ0v) is 48.4. The van der Waals surface area contributed by atoms with Gasteiger partial charge >= 0.3 is 21.7 Å². The molecule has 0 saturated heterocycles. The average Bonchev–Trinajstić information content (AvgIpc) is 3.77. The predicted octanol–water partition coefficient (Wildman–Crippen LogP) is 7.91. The van der Waals surface area contributed by atoms with Crippen LogP contribution in [0.2, 0.25) is 0 Å². The van der Waals surface area contributed by atoms with Gasteiger partial charge in [0.2, 0.25) is 0 Å². The van der Waals surface area contributed by atoms with Crippen LogP contribution in [0.3, 0.4) is 0 Å². The Morgan fingerprint density at radius 1 is 0.348 bits per heavy atom. The topological polar surface area (TPSA) is 0 Å². The first-order valence-electron chi connectivity index (χ1n) is 27.2. The van der Waals surface area contributed by atoms with Gasteiger partial charge in [-0.15, -0.1) is 0 Å². The Kier molecular flexibility index (Phi) is 38.0. The normalized spacial score (nSPS) is 12.2. The zero-order valence-electron chi connectivity index (χ0n) is 43.5. The van der Waals surface area contributed by atoms with Crippen LogP contribution in [-0.2, 0) is 60.2 Å². The van der Waals surface area contributed by atoms with Crippen LogP contribution in [0.1, 0.15) is 249 Å². The molecule has 0 amide bonds. The predicted molar refractivity (Wildman–Crippen MR) is 281 cm³/mol. The van der Waals surface area contributed by atoms with Gasteiger partial charge in [-0.05, 0) is 126 Å². The zero-order chi connectivity index (χ0) is 44.3. The number of benzene rings is 3. The fraction of sp³-hybridized carbons (Fsp3) is 0.639. The molecule has 0 N–H and O–H groups in total. The minimum atomic E-state index is -2.81.